The minimum absolute atomic E-state index is 0.180. The number of nitriles is 1. The van der Waals surface area contributed by atoms with Crippen molar-refractivity contribution >= 4 is 23.2 Å². The molecule has 0 aliphatic heterocycles. The molecule has 0 aromatic heterocycles. The Hall–Kier alpha value is -0.820. The van der Waals surface area contributed by atoms with Gasteiger partial charge in [0.05, 0.1) is 11.1 Å². The first-order valence-electron chi connectivity index (χ1n) is 4.63. The number of aliphatic hydroxyl groups excluding tert-OH is 1. The van der Waals surface area contributed by atoms with Crippen LogP contribution < -0.4 is 0 Å². The largest absolute Gasteiger partial charge is 0.396 e. The summed E-state index contributed by atoms with van der Waals surface area (Å²) in [5.41, 5.74) is 0.180. The number of benzene rings is 1. The van der Waals surface area contributed by atoms with E-state index in [1.807, 2.05) is 6.07 Å². The van der Waals surface area contributed by atoms with Gasteiger partial charge in [-0.3, -0.25) is 0 Å². The maximum Gasteiger partial charge on any atom is 0.162 e. The molecule has 0 radical (unpaired) electrons. The second-order valence-corrected chi connectivity index (χ2v) is 4.48. The average Bonchev–Trinajstić information content (AvgIpc) is 2.30. The van der Waals surface area contributed by atoms with Crippen LogP contribution in [0.15, 0.2) is 18.2 Å². The van der Waals surface area contributed by atoms with Gasteiger partial charge in [0.25, 0.3) is 0 Å². The summed E-state index contributed by atoms with van der Waals surface area (Å²) < 4.78 is 13.3. The highest BCUT2D eigenvalue weighted by Crippen LogP contribution is 2.40. The van der Waals surface area contributed by atoms with Gasteiger partial charge in [0.15, 0.2) is 4.87 Å². The molecule has 86 valence electrons. The van der Waals surface area contributed by atoms with Gasteiger partial charge in [0.1, 0.15) is 5.82 Å². The monoisotopic (exact) mass is 261 g/mol. The van der Waals surface area contributed by atoms with Crippen LogP contribution in [-0.2, 0) is 4.87 Å². The summed E-state index contributed by atoms with van der Waals surface area (Å²) in [5, 5.41) is 18.0. The quantitative estimate of drug-likeness (QED) is 0.851. The number of alkyl halides is 1. The van der Waals surface area contributed by atoms with Gasteiger partial charge in [0, 0.05) is 18.1 Å². The molecule has 0 aliphatic rings. The van der Waals surface area contributed by atoms with Gasteiger partial charge >= 0.3 is 0 Å². The van der Waals surface area contributed by atoms with Crippen LogP contribution in [0.1, 0.15) is 12.5 Å². The maximum absolute atomic E-state index is 13.3. The Kier molecular flexibility index (Phi) is 4.15. The molecule has 1 aromatic carbocycles. The van der Waals surface area contributed by atoms with Crippen molar-refractivity contribution in [1.82, 2.24) is 0 Å². The van der Waals surface area contributed by atoms with E-state index in [-0.39, 0.29) is 17.2 Å². The summed E-state index contributed by atoms with van der Waals surface area (Å²) in [6, 6.07) is 5.96. The Balaban J connectivity index is 3.35. The molecule has 1 rings (SSSR count). The Morgan fingerprint density at radius 3 is 2.75 bits per heavy atom. The zero-order valence-electron chi connectivity index (χ0n) is 8.54. The molecule has 0 bridgehead atoms. The summed E-state index contributed by atoms with van der Waals surface area (Å²) in [7, 11) is 0. The van der Waals surface area contributed by atoms with Gasteiger partial charge in [-0.25, -0.2) is 4.39 Å². The van der Waals surface area contributed by atoms with Crippen LogP contribution in [0, 0.1) is 23.1 Å². The van der Waals surface area contributed by atoms with Gasteiger partial charge in [-0.1, -0.05) is 42.3 Å². The van der Waals surface area contributed by atoms with Crippen LogP contribution in [0.3, 0.4) is 0 Å². The van der Waals surface area contributed by atoms with Crippen molar-refractivity contribution in [3.05, 3.63) is 34.6 Å². The summed E-state index contributed by atoms with van der Waals surface area (Å²) in [6.07, 6.45) is 0. The van der Waals surface area contributed by atoms with E-state index in [2.05, 4.69) is 0 Å². The van der Waals surface area contributed by atoms with Gasteiger partial charge in [-0.15, -0.1) is 0 Å². The molecule has 0 aliphatic carbocycles. The van der Waals surface area contributed by atoms with Crippen LogP contribution in [0.5, 0.6) is 0 Å². The second-order valence-electron chi connectivity index (χ2n) is 3.51. The first kappa shape index (κ1) is 13.2. The van der Waals surface area contributed by atoms with E-state index < -0.39 is 16.6 Å². The first-order chi connectivity index (χ1) is 7.47. The fourth-order valence-corrected chi connectivity index (χ4v) is 1.90. The number of hydrogen-bond donors (Lipinski definition) is 1. The summed E-state index contributed by atoms with van der Waals surface area (Å²) in [6.45, 7) is 1.31. The molecular formula is C11H10Cl2FNO. The Labute approximate surface area is 103 Å². The van der Waals surface area contributed by atoms with Crippen molar-refractivity contribution < 1.29 is 9.50 Å². The Bertz CT molecular complexity index is 432. The molecule has 0 fully saturated rings. The van der Waals surface area contributed by atoms with Crippen molar-refractivity contribution in [2.75, 3.05) is 6.61 Å². The standard InChI is InChI=1S/C11H10Cl2FNO/c1-7(5-16)11(13,6-15)8-3-2-4-9(14)10(8)12/h2-4,7,16H,5H2,1H3/t7?,11-/m0/s1. The highest BCUT2D eigenvalue weighted by Gasteiger charge is 2.38. The molecule has 5 heteroatoms. The zero-order valence-corrected chi connectivity index (χ0v) is 10.1. The zero-order chi connectivity index (χ0) is 12.3. The van der Waals surface area contributed by atoms with E-state index in [0.717, 1.165) is 0 Å². The van der Waals surface area contributed by atoms with Crippen molar-refractivity contribution in [1.29, 1.82) is 5.26 Å². The fourth-order valence-electron chi connectivity index (χ4n) is 1.35. The second kappa shape index (κ2) is 5.01. The van der Waals surface area contributed by atoms with Gasteiger partial charge in [0.2, 0.25) is 0 Å². The van der Waals surface area contributed by atoms with Crippen LogP contribution in [0.2, 0.25) is 5.02 Å². The summed E-state index contributed by atoms with van der Waals surface area (Å²) >= 11 is 11.9. The van der Waals surface area contributed by atoms with Crippen molar-refractivity contribution in [2.24, 2.45) is 5.92 Å². The molecule has 2 nitrogen and oxygen atoms in total. The molecule has 16 heavy (non-hydrogen) atoms. The SMILES string of the molecule is CC(CO)[C@@](Cl)(C#N)c1cccc(F)c1Cl. The summed E-state index contributed by atoms with van der Waals surface area (Å²) in [4.78, 5) is -1.52. The van der Waals surface area contributed by atoms with Gasteiger partial charge in [-0.2, -0.15) is 5.26 Å². The molecule has 1 unspecified atom stereocenters. The molecule has 2 atom stereocenters. The number of halogens is 3. The smallest absolute Gasteiger partial charge is 0.162 e. The van der Waals surface area contributed by atoms with Crippen LogP contribution in [-0.4, -0.2) is 11.7 Å². The lowest BCUT2D eigenvalue weighted by Crippen LogP contribution is -2.29. The third-order valence-electron chi connectivity index (χ3n) is 2.46. The third kappa shape index (κ3) is 2.15. The van der Waals surface area contributed by atoms with E-state index in [1.54, 1.807) is 6.92 Å². The molecule has 0 spiro atoms. The van der Waals surface area contributed by atoms with Crippen molar-refractivity contribution in [3.63, 3.8) is 0 Å². The topological polar surface area (TPSA) is 44.0 Å². The van der Waals surface area contributed by atoms with E-state index in [4.69, 9.17) is 33.6 Å². The Morgan fingerprint density at radius 1 is 1.62 bits per heavy atom. The molecule has 0 heterocycles. The predicted molar refractivity (Wildman–Crippen MR) is 60.8 cm³/mol. The third-order valence-corrected chi connectivity index (χ3v) is 3.50. The lowest BCUT2D eigenvalue weighted by Gasteiger charge is -2.26. The van der Waals surface area contributed by atoms with Crippen LogP contribution >= 0.6 is 23.2 Å². The highest BCUT2D eigenvalue weighted by molar-refractivity contribution is 6.34. The molecular weight excluding hydrogens is 252 g/mol. The normalized spacial score (nSPS) is 16.2. The van der Waals surface area contributed by atoms with E-state index in [1.165, 1.54) is 18.2 Å². The lowest BCUT2D eigenvalue weighted by molar-refractivity contribution is 0.218. The van der Waals surface area contributed by atoms with E-state index >= 15 is 0 Å². The fraction of sp³-hybridized carbons (Fsp3) is 0.364. The van der Waals surface area contributed by atoms with E-state index in [0.29, 0.717) is 0 Å². The maximum atomic E-state index is 13.3. The molecule has 0 saturated heterocycles. The number of nitrogens with zero attached hydrogens (tertiary/aromatic N) is 1. The molecule has 0 saturated carbocycles. The minimum atomic E-state index is -1.52. The number of hydrogen-bond acceptors (Lipinski definition) is 2. The summed E-state index contributed by atoms with van der Waals surface area (Å²) in [5.74, 6) is -1.19. The van der Waals surface area contributed by atoms with E-state index in [9.17, 15) is 4.39 Å². The molecule has 0 amide bonds. The van der Waals surface area contributed by atoms with Gasteiger partial charge in [-0.05, 0) is 6.07 Å². The number of rotatable bonds is 3. The molecule has 1 aromatic rings. The highest BCUT2D eigenvalue weighted by atomic mass is 35.5. The predicted octanol–water partition coefficient (Wildman–Crippen LogP) is 3.07. The minimum Gasteiger partial charge on any atom is -0.396 e. The average molecular weight is 262 g/mol. The Morgan fingerprint density at radius 2 is 2.25 bits per heavy atom. The van der Waals surface area contributed by atoms with Gasteiger partial charge < -0.3 is 5.11 Å². The first-order valence-corrected chi connectivity index (χ1v) is 5.38. The van der Waals surface area contributed by atoms with Crippen LogP contribution in [0.4, 0.5) is 4.39 Å². The lowest BCUT2D eigenvalue weighted by atomic mass is 9.88. The van der Waals surface area contributed by atoms with Crippen molar-refractivity contribution in [2.45, 2.75) is 11.8 Å². The molecule has 1 N–H and O–H groups in total. The number of aliphatic hydroxyl groups is 1. The van der Waals surface area contributed by atoms with Crippen LogP contribution in [0.25, 0.3) is 0 Å². The van der Waals surface area contributed by atoms with Crippen molar-refractivity contribution in [3.8, 4) is 6.07 Å².